The van der Waals surface area contributed by atoms with Gasteiger partial charge in [0.2, 0.25) is 5.91 Å². The monoisotopic (exact) mass is 480 g/mol. The zero-order valence-electron chi connectivity index (χ0n) is 21.7. The van der Waals surface area contributed by atoms with E-state index in [9.17, 15) is 14.4 Å². The molecule has 1 saturated heterocycles. The van der Waals surface area contributed by atoms with Crippen molar-refractivity contribution < 1.29 is 14.4 Å². The molecule has 4 aliphatic carbocycles. The summed E-state index contributed by atoms with van der Waals surface area (Å²) in [7, 11) is 3.55. The number of urea groups is 1. The third-order valence-electron chi connectivity index (χ3n) is 8.97. The molecule has 5 aliphatic rings. The molecular weight excluding hydrogens is 440 g/mol. The number of hydrogen-bond donors (Lipinski definition) is 2. The molecule has 1 heterocycles. The number of anilines is 1. The summed E-state index contributed by atoms with van der Waals surface area (Å²) in [4.78, 5) is 41.6. The molecule has 2 N–H and O–H groups in total. The summed E-state index contributed by atoms with van der Waals surface area (Å²) >= 11 is 0. The predicted octanol–water partition coefficient (Wildman–Crippen LogP) is 4.50. The Labute approximate surface area is 209 Å². The predicted molar refractivity (Wildman–Crippen MR) is 136 cm³/mol. The molecule has 4 atom stereocenters. The Morgan fingerprint density at radius 3 is 2.06 bits per heavy atom. The Morgan fingerprint density at radius 1 is 0.914 bits per heavy atom. The van der Waals surface area contributed by atoms with Crippen LogP contribution >= 0.6 is 0 Å². The van der Waals surface area contributed by atoms with Crippen LogP contribution in [0, 0.1) is 22.7 Å². The van der Waals surface area contributed by atoms with Crippen LogP contribution in [0.2, 0.25) is 0 Å². The number of benzene rings is 1. The van der Waals surface area contributed by atoms with Crippen molar-refractivity contribution >= 4 is 23.5 Å². The molecule has 6 rings (SSSR count). The van der Waals surface area contributed by atoms with Crippen LogP contribution in [0.5, 0.6) is 0 Å². The fourth-order valence-electron chi connectivity index (χ4n) is 8.56. The van der Waals surface area contributed by atoms with Gasteiger partial charge in [-0.25, -0.2) is 4.79 Å². The van der Waals surface area contributed by atoms with Crippen LogP contribution in [-0.4, -0.2) is 60.4 Å². The lowest BCUT2D eigenvalue weighted by molar-refractivity contribution is -0.134. The number of carbonyl (C=O) groups excluding carboxylic acids is 3. The van der Waals surface area contributed by atoms with Gasteiger partial charge in [-0.1, -0.05) is 13.8 Å². The molecule has 4 saturated carbocycles. The minimum absolute atomic E-state index is 0.00159. The van der Waals surface area contributed by atoms with Crippen molar-refractivity contribution in [1.82, 2.24) is 15.1 Å². The Balaban J connectivity index is 1.16. The molecule has 0 radical (unpaired) electrons. The fraction of sp³-hybridized carbons (Fsp3) is 0.679. The summed E-state index contributed by atoms with van der Waals surface area (Å²) in [5, 5.41) is 6.38. The first kappa shape index (κ1) is 24.1. The zero-order chi connectivity index (χ0) is 25.0. The zero-order valence-corrected chi connectivity index (χ0v) is 21.7. The molecule has 0 aromatic heterocycles. The minimum atomic E-state index is -0.147. The van der Waals surface area contributed by atoms with Gasteiger partial charge in [0.25, 0.3) is 5.91 Å². The second-order valence-corrected chi connectivity index (χ2v) is 12.9. The number of hydrogen-bond acceptors (Lipinski definition) is 3. The van der Waals surface area contributed by atoms with Crippen molar-refractivity contribution in [2.45, 2.75) is 70.8 Å². The number of rotatable bonds is 4. The molecular formula is C28H40N4O3. The maximum atomic E-state index is 13.0. The molecule has 7 heteroatoms. The third-order valence-corrected chi connectivity index (χ3v) is 8.97. The van der Waals surface area contributed by atoms with Crippen molar-refractivity contribution in [3.8, 4) is 0 Å². The lowest BCUT2D eigenvalue weighted by Crippen LogP contribution is -2.65. The van der Waals surface area contributed by atoms with Gasteiger partial charge in [0.05, 0.1) is 0 Å². The van der Waals surface area contributed by atoms with E-state index >= 15 is 0 Å². The largest absolute Gasteiger partial charge is 0.349 e. The van der Waals surface area contributed by atoms with E-state index in [4.69, 9.17) is 0 Å². The quantitative estimate of drug-likeness (QED) is 0.666. The molecule has 4 bridgehead atoms. The summed E-state index contributed by atoms with van der Waals surface area (Å²) in [5.41, 5.74) is 1.89. The molecule has 1 aliphatic heterocycles. The van der Waals surface area contributed by atoms with Crippen molar-refractivity contribution in [3.05, 3.63) is 29.8 Å². The molecule has 4 amide bonds. The molecule has 1 aromatic carbocycles. The van der Waals surface area contributed by atoms with Crippen LogP contribution in [0.15, 0.2) is 24.3 Å². The highest BCUT2D eigenvalue weighted by atomic mass is 16.2. The molecule has 7 nitrogen and oxygen atoms in total. The van der Waals surface area contributed by atoms with Crippen molar-refractivity contribution in [3.63, 3.8) is 0 Å². The highest BCUT2D eigenvalue weighted by Crippen LogP contribution is 2.66. The Hall–Kier alpha value is -2.57. The lowest BCUT2D eigenvalue weighted by atomic mass is 9.43. The van der Waals surface area contributed by atoms with E-state index in [0.717, 1.165) is 25.2 Å². The summed E-state index contributed by atoms with van der Waals surface area (Å²) in [6.45, 7) is 5.99. The number of carbonyl (C=O) groups is 3. The summed E-state index contributed by atoms with van der Waals surface area (Å²) in [5.74, 6) is 0.838. The topological polar surface area (TPSA) is 81.8 Å². The first-order valence-electron chi connectivity index (χ1n) is 13.2. The van der Waals surface area contributed by atoms with Crippen LogP contribution in [0.25, 0.3) is 0 Å². The van der Waals surface area contributed by atoms with Crippen molar-refractivity contribution in [1.29, 1.82) is 0 Å². The Kier molecular flexibility index (Phi) is 5.88. The van der Waals surface area contributed by atoms with Crippen LogP contribution in [0.3, 0.4) is 0 Å². The lowest BCUT2D eigenvalue weighted by Gasteiger charge is -2.65. The van der Waals surface area contributed by atoms with E-state index in [-0.39, 0.29) is 29.3 Å². The summed E-state index contributed by atoms with van der Waals surface area (Å²) in [6, 6.07) is 7.02. The molecule has 190 valence electrons. The number of nitrogens with zero attached hydrogens (tertiary/aromatic N) is 2. The number of likely N-dealkylation sites (tertiary alicyclic amines) is 1. The molecule has 2 unspecified atom stereocenters. The summed E-state index contributed by atoms with van der Waals surface area (Å²) in [6.07, 6.45) is 8.51. The van der Waals surface area contributed by atoms with E-state index in [0.29, 0.717) is 48.0 Å². The van der Waals surface area contributed by atoms with Gasteiger partial charge in [-0.2, -0.15) is 0 Å². The van der Waals surface area contributed by atoms with Crippen molar-refractivity contribution in [2.24, 2.45) is 22.7 Å². The first-order chi connectivity index (χ1) is 16.5. The number of piperidine rings is 1. The third kappa shape index (κ3) is 4.78. The molecule has 5 fully saturated rings. The van der Waals surface area contributed by atoms with Gasteiger partial charge in [0.1, 0.15) is 0 Å². The van der Waals surface area contributed by atoms with Gasteiger partial charge < -0.3 is 20.4 Å². The maximum absolute atomic E-state index is 13.0. The average molecular weight is 481 g/mol. The van der Waals surface area contributed by atoms with E-state index < -0.39 is 0 Å². The average Bonchev–Trinajstić information content (AvgIpc) is 2.75. The van der Waals surface area contributed by atoms with E-state index in [1.807, 2.05) is 4.90 Å². The normalized spacial score (nSPS) is 33.9. The van der Waals surface area contributed by atoms with Crippen LogP contribution in [-0.2, 0) is 4.79 Å². The maximum Gasteiger partial charge on any atom is 0.319 e. The fourth-order valence-corrected chi connectivity index (χ4v) is 8.56. The van der Waals surface area contributed by atoms with Crippen LogP contribution in [0.4, 0.5) is 10.5 Å². The van der Waals surface area contributed by atoms with Crippen molar-refractivity contribution in [2.75, 3.05) is 32.5 Å². The number of nitrogens with one attached hydrogen (secondary N) is 2. The smallest absolute Gasteiger partial charge is 0.319 e. The second-order valence-electron chi connectivity index (χ2n) is 12.9. The Morgan fingerprint density at radius 2 is 1.51 bits per heavy atom. The molecule has 35 heavy (non-hydrogen) atoms. The Bertz CT molecular complexity index is 994. The molecule has 1 aromatic rings. The van der Waals surface area contributed by atoms with Gasteiger partial charge in [0, 0.05) is 49.9 Å². The van der Waals surface area contributed by atoms with E-state index in [1.54, 1.807) is 43.3 Å². The highest BCUT2D eigenvalue weighted by Gasteiger charge is 2.60. The van der Waals surface area contributed by atoms with Gasteiger partial charge in [0.15, 0.2) is 0 Å². The van der Waals surface area contributed by atoms with Gasteiger partial charge in [-0.05, 0) is 92.4 Å². The minimum Gasteiger partial charge on any atom is -0.349 e. The van der Waals surface area contributed by atoms with Crippen LogP contribution < -0.4 is 10.6 Å². The second kappa shape index (κ2) is 8.52. The molecule has 0 spiro atoms. The number of amides is 4. The summed E-state index contributed by atoms with van der Waals surface area (Å²) < 4.78 is 0. The first-order valence-corrected chi connectivity index (χ1v) is 13.2. The van der Waals surface area contributed by atoms with E-state index in [1.165, 1.54) is 19.3 Å². The highest BCUT2D eigenvalue weighted by molar-refractivity contribution is 5.96. The SMILES string of the molecule is CN(C)C(=O)C1CCN(C(=O)c2ccc(NC(=O)NC34CC5C[C@@](C)(C3)C[C@](C)(C5)C4)cc2)CC1. The van der Waals surface area contributed by atoms with E-state index in [2.05, 4.69) is 24.5 Å². The van der Waals surface area contributed by atoms with Gasteiger partial charge in [-0.3, -0.25) is 9.59 Å². The standard InChI is InChI=1S/C28H40N4O3/c1-26-13-19-14-27(2,16-26)18-28(15-19,17-26)30-25(35)29-22-7-5-20(6-8-22)24(34)32-11-9-21(10-12-32)23(33)31(3)4/h5-8,19,21H,9-18H2,1-4H3,(H2,29,30,35)/t19?,26-,27+,28?. The van der Waals surface area contributed by atoms with Gasteiger partial charge in [-0.15, -0.1) is 0 Å². The van der Waals surface area contributed by atoms with Crippen LogP contribution in [0.1, 0.15) is 75.6 Å². The van der Waals surface area contributed by atoms with Gasteiger partial charge >= 0.3 is 6.03 Å².